The van der Waals surface area contributed by atoms with Gasteiger partial charge in [-0.1, -0.05) is 18.2 Å². The molecule has 0 radical (unpaired) electrons. The molecule has 1 aromatic rings. The predicted octanol–water partition coefficient (Wildman–Crippen LogP) is 0.402. The fourth-order valence-electron chi connectivity index (χ4n) is 0.705. The molecular weight excluding hydrogens is 210 g/mol. The minimum atomic E-state index is -4.08. The summed E-state index contributed by atoms with van der Waals surface area (Å²) in [7, 11) is -4.08. The number of carbonyl (C=O) groups excluding carboxylic acids is 1. The van der Waals surface area contributed by atoms with E-state index >= 15 is 0 Å². The quantitative estimate of drug-likeness (QED) is 0.584. The fourth-order valence-corrected chi connectivity index (χ4v) is 1.43. The van der Waals surface area contributed by atoms with Crippen LogP contribution in [0, 0.1) is 0 Å². The number of hydrogen-bond acceptors (Lipinski definition) is 5. The zero-order valence-electron chi connectivity index (χ0n) is 6.91. The van der Waals surface area contributed by atoms with Crippen LogP contribution in [-0.4, -0.2) is 14.5 Å². The molecule has 1 rings (SSSR count). The third-order valence-electron chi connectivity index (χ3n) is 1.24. The first kappa shape index (κ1) is 10.5. The van der Waals surface area contributed by atoms with Crippen LogP contribution in [-0.2, 0) is 19.3 Å². The molecule has 0 unspecified atom stereocenters. The molecular formula is C7H7NO5S. The Morgan fingerprint density at radius 3 is 2.29 bits per heavy atom. The molecule has 0 bridgehead atoms. The van der Waals surface area contributed by atoms with E-state index in [0.29, 0.717) is 0 Å². The van der Waals surface area contributed by atoms with Crippen molar-refractivity contribution in [1.82, 2.24) is 0 Å². The predicted molar refractivity (Wildman–Crippen MR) is 45.4 cm³/mol. The second-order valence-corrected chi connectivity index (χ2v) is 3.75. The van der Waals surface area contributed by atoms with Crippen molar-refractivity contribution in [1.29, 1.82) is 0 Å². The summed E-state index contributed by atoms with van der Waals surface area (Å²) >= 11 is 0. The third-order valence-corrected chi connectivity index (χ3v) is 2.33. The van der Waals surface area contributed by atoms with E-state index in [1.807, 2.05) is 0 Å². The van der Waals surface area contributed by atoms with Crippen molar-refractivity contribution >= 4 is 16.2 Å². The maximum Gasteiger partial charge on any atom is 0.437 e. The molecule has 0 spiro atoms. The van der Waals surface area contributed by atoms with E-state index in [1.165, 1.54) is 24.3 Å². The molecule has 0 aromatic heterocycles. The molecule has 0 aliphatic carbocycles. The van der Waals surface area contributed by atoms with Crippen LogP contribution in [0.3, 0.4) is 0 Å². The number of carbonyl (C=O) groups is 1. The van der Waals surface area contributed by atoms with Gasteiger partial charge in [-0.2, -0.15) is 8.42 Å². The van der Waals surface area contributed by atoms with E-state index in [-0.39, 0.29) is 4.90 Å². The highest BCUT2D eigenvalue weighted by molar-refractivity contribution is 7.86. The standard InChI is InChI=1S/C7H7NO5S/c8-7(9)12-13-14(10,11)6-4-2-1-3-5-6/h1-5H,(H2,8,9). The Labute approximate surface area is 80.3 Å². The van der Waals surface area contributed by atoms with Crippen molar-refractivity contribution < 1.29 is 22.4 Å². The van der Waals surface area contributed by atoms with Gasteiger partial charge in [-0.05, 0) is 16.5 Å². The highest BCUT2D eigenvalue weighted by Crippen LogP contribution is 2.11. The number of rotatable bonds is 3. The van der Waals surface area contributed by atoms with Crippen LogP contribution in [0.1, 0.15) is 0 Å². The van der Waals surface area contributed by atoms with Crippen LogP contribution in [0.15, 0.2) is 35.2 Å². The summed E-state index contributed by atoms with van der Waals surface area (Å²) in [6.45, 7) is 0. The monoisotopic (exact) mass is 217 g/mol. The van der Waals surface area contributed by atoms with Crippen molar-refractivity contribution in [3.63, 3.8) is 0 Å². The van der Waals surface area contributed by atoms with Crippen LogP contribution < -0.4 is 5.73 Å². The van der Waals surface area contributed by atoms with Gasteiger partial charge in [0.15, 0.2) is 0 Å². The summed E-state index contributed by atoms with van der Waals surface area (Å²) in [5, 5.41) is 0. The Morgan fingerprint density at radius 1 is 1.21 bits per heavy atom. The molecule has 0 heterocycles. The van der Waals surface area contributed by atoms with Crippen LogP contribution in [0.25, 0.3) is 0 Å². The van der Waals surface area contributed by atoms with Crippen molar-refractivity contribution in [2.75, 3.05) is 0 Å². The highest BCUT2D eigenvalue weighted by atomic mass is 32.2. The second kappa shape index (κ2) is 4.07. The molecule has 1 aromatic carbocycles. The smallest absolute Gasteiger partial charge is 0.333 e. The molecule has 0 atom stereocenters. The van der Waals surface area contributed by atoms with Gasteiger partial charge in [0.2, 0.25) is 0 Å². The zero-order chi connectivity index (χ0) is 10.6. The summed E-state index contributed by atoms with van der Waals surface area (Å²) in [6.07, 6.45) is -1.33. The van der Waals surface area contributed by atoms with Gasteiger partial charge in [-0.25, -0.2) is 4.79 Å². The maximum atomic E-state index is 11.2. The van der Waals surface area contributed by atoms with E-state index in [9.17, 15) is 13.2 Å². The molecule has 76 valence electrons. The maximum absolute atomic E-state index is 11.2. The average Bonchev–Trinajstić information content (AvgIpc) is 2.16. The van der Waals surface area contributed by atoms with Gasteiger partial charge in [-0.3, -0.25) is 4.89 Å². The minimum absolute atomic E-state index is 0.124. The largest absolute Gasteiger partial charge is 0.437 e. The van der Waals surface area contributed by atoms with Gasteiger partial charge in [0.1, 0.15) is 0 Å². The lowest BCUT2D eigenvalue weighted by Gasteiger charge is -2.01. The van der Waals surface area contributed by atoms with E-state index in [4.69, 9.17) is 0 Å². The van der Waals surface area contributed by atoms with Crippen LogP contribution in [0.2, 0.25) is 0 Å². The molecule has 0 aliphatic rings. The molecule has 0 saturated heterocycles. The summed E-state index contributed by atoms with van der Waals surface area (Å²) in [4.78, 5) is 13.7. The molecule has 0 fully saturated rings. The molecule has 0 aliphatic heterocycles. The summed E-state index contributed by atoms with van der Waals surface area (Å²) in [5.41, 5.74) is 4.53. The normalized spacial score (nSPS) is 10.9. The fraction of sp³-hybridized carbons (Fsp3) is 0. The van der Waals surface area contributed by atoms with Crippen LogP contribution in [0.4, 0.5) is 4.79 Å². The van der Waals surface area contributed by atoms with Gasteiger partial charge in [0.05, 0.1) is 4.90 Å². The number of amides is 1. The molecule has 6 nitrogen and oxygen atoms in total. The molecule has 0 saturated carbocycles. The topological polar surface area (TPSA) is 95.7 Å². The number of hydrogen-bond donors (Lipinski definition) is 1. The van der Waals surface area contributed by atoms with E-state index in [1.54, 1.807) is 6.07 Å². The summed E-state index contributed by atoms with van der Waals surface area (Å²) in [6, 6.07) is 7.22. The van der Waals surface area contributed by atoms with E-state index < -0.39 is 16.2 Å². The lowest BCUT2D eigenvalue weighted by molar-refractivity contribution is -0.132. The molecule has 14 heavy (non-hydrogen) atoms. The summed E-state index contributed by atoms with van der Waals surface area (Å²) in [5.74, 6) is 0. The third kappa shape index (κ3) is 2.71. The Morgan fingerprint density at radius 2 is 1.79 bits per heavy atom. The highest BCUT2D eigenvalue weighted by Gasteiger charge is 2.17. The second-order valence-electron chi connectivity index (χ2n) is 2.24. The van der Waals surface area contributed by atoms with Gasteiger partial charge in [0.25, 0.3) is 0 Å². The summed E-state index contributed by atoms with van der Waals surface area (Å²) < 4.78 is 26.2. The lowest BCUT2D eigenvalue weighted by Crippen LogP contribution is -2.17. The number of primary amides is 1. The SMILES string of the molecule is NC(=O)OOS(=O)(=O)c1ccccc1. The minimum Gasteiger partial charge on any atom is -0.333 e. The van der Waals surface area contributed by atoms with Gasteiger partial charge in [0, 0.05) is 0 Å². The Bertz CT molecular complexity index is 413. The van der Waals surface area contributed by atoms with Crippen LogP contribution in [0.5, 0.6) is 0 Å². The lowest BCUT2D eigenvalue weighted by atomic mass is 10.4. The van der Waals surface area contributed by atoms with Gasteiger partial charge >= 0.3 is 16.2 Å². The first-order valence-electron chi connectivity index (χ1n) is 3.48. The Hall–Kier alpha value is -1.60. The van der Waals surface area contributed by atoms with Crippen molar-refractivity contribution in [3.05, 3.63) is 30.3 Å². The first-order valence-corrected chi connectivity index (χ1v) is 4.89. The number of benzene rings is 1. The van der Waals surface area contributed by atoms with Gasteiger partial charge < -0.3 is 5.73 Å². The molecule has 1 amide bonds. The average molecular weight is 217 g/mol. The first-order chi connectivity index (χ1) is 6.52. The van der Waals surface area contributed by atoms with Crippen molar-refractivity contribution in [2.24, 2.45) is 5.73 Å². The van der Waals surface area contributed by atoms with E-state index in [2.05, 4.69) is 15.0 Å². The Balaban J connectivity index is 2.82. The Kier molecular flexibility index (Phi) is 3.05. The van der Waals surface area contributed by atoms with Crippen molar-refractivity contribution in [3.8, 4) is 0 Å². The zero-order valence-corrected chi connectivity index (χ0v) is 7.73. The van der Waals surface area contributed by atoms with Gasteiger partial charge in [-0.15, -0.1) is 0 Å². The van der Waals surface area contributed by atoms with E-state index in [0.717, 1.165) is 0 Å². The van der Waals surface area contributed by atoms with Crippen LogP contribution >= 0.6 is 0 Å². The van der Waals surface area contributed by atoms with Crippen molar-refractivity contribution in [2.45, 2.75) is 4.90 Å². The number of nitrogens with two attached hydrogens (primary N) is 1. The molecule has 2 N–H and O–H groups in total. The molecule has 7 heteroatoms.